The van der Waals surface area contributed by atoms with Crippen LogP contribution in [0.25, 0.3) is 0 Å². The summed E-state index contributed by atoms with van der Waals surface area (Å²) < 4.78 is 0. The van der Waals surface area contributed by atoms with E-state index in [0.29, 0.717) is 13.1 Å². The van der Waals surface area contributed by atoms with Gasteiger partial charge in [0, 0.05) is 25.2 Å². The lowest BCUT2D eigenvalue weighted by molar-refractivity contribution is -0.384. The minimum atomic E-state index is -0.593. The Kier molecular flexibility index (Phi) is 12.7. The van der Waals surface area contributed by atoms with Gasteiger partial charge in [0.2, 0.25) is 0 Å². The third-order valence-corrected chi connectivity index (χ3v) is 4.73. The van der Waals surface area contributed by atoms with Crippen LogP contribution in [0.15, 0.2) is 18.2 Å². The van der Waals surface area contributed by atoms with Gasteiger partial charge < -0.3 is 15.7 Å². The highest BCUT2D eigenvalue weighted by Gasteiger charge is 2.15. The largest absolute Gasteiger partial charge is 0.507 e. The van der Waals surface area contributed by atoms with Crippen molar-refractivity contribution in [2.45, 2.75) is 71.1 Å². The Labute approximate surface area is 168 Å². The van der Waals surface area contributed by atoms with Crippen molar-refractivity contribution in [1.29, 1.82) is 0 Å². The summed E-state index contributed by atoms with van der Waals surface area (Å²) in [6, 6.07) is 3.42. The van der Waals surface area contributed by atoms with Crippen molar-refractivity contribution in [2.75, 3.05) is 19.6 Å². The van der Waals surface area contributed by atoms with Gasteiger partial charge in [-0.05, 0) is 19.0 Å². The van der Waals surface area contributed by atoms with E-state index in [9.17, 15) is 20.0 Å². The molecular weight excluding hydrogens is 358 g/mol. The van der Waals surface area contributed by atoms with E-state index in [0.717, 1.165) is 25.1 Å². The summed E-state index contributed by atoms with van der Waals surface area (Å²) in [4.78, 5) is 22.2. The number of hydrogen-bond acceptors (Lipinski definition) is 5. The Morgan fingerprint density at radius 2 is 1.57 bits per heavy atom. The fraction of sp³-hybridized carbons (Fsp3) is 0.667. The first-order chi connectivity index (χ1) is 13.6. The summed E-state index contributed by atoms with van der Waals surface area (Å²) in [6.45, 7) is 4.18. The van der Waals surface area contributed by atoms with Crippen molar-refractivity contribution in [3.8, 4) is 5.75 Å². The Morgan fingerprint density at radius 3 is 2.18 bits per heavy atom. The van der Waals surface area contributed by atoms with Gasteiger partial charge in [-0.15, -0.1) is 0 Å². The van der Waals surface area contributed by atoms with E-state index in [-0.39, 0.29) is 17.0 Å². The maximum atomic E-state index is 12.0. The standard InChI is InChI=1S/C21H35N3O4/c1-2-3-4-5-6-7-8-9-10-11-14-22-15-16-23-21(26)19-17-18(24(27)28)12-13-20(19)25/h12-13,17,22,25H,2-11,14-16H2,1H3,(H,23,26). The number of phenols is 1. The van der Waals surface area contributed by atoms with Gasteiger partial charge in [-0.2, -0.15) is 0 Å². The molecule has 0 saturated carbocycles. The summed E-state index contributed by atoms with van der Waals surface area (Å²) in [5, 5.41) is 26.4. The zero-order valence-electron chi connectivity index (χ0n) is 17.0. The molecule has 0 unspecified atom stereocenters. The molecule has 0 aliphatic carbocycles. The zero-order chi connectivity index (χ0) is 20.6. The monoisotopic (exact) mass is 393 g/mol. The number of non-ortho nitro benzene ring substituents is 1. The zero-order valence-corrected chi connectivity index (χ0v) is 17.0. The lowest BCUT2D eigenvalue weighted by Crippen LogP contribution is -2.32. The maximum Gasteiger partial charge on any atom is 0.270 e. The highest BCUT2D eigenvalue weighted by atomic mass is 16.6. The van der Waals surface area contributed by atoms with Crippen LogP contribution in [-0.4, -0.2) is 35.6 Å². The number of nitro benzene ring substituents is 1. The number of unbranched alkanes of at least 4 members (excludes halogenated alkanes) is 9. The predicted molar refractivity (Wildman–Crippen MR) is 112 cm³/mol. The first-order valence-electron chi connectivity index (χ1n) is 10.5. The number of hydrogen-bond donors (Lipinski definition) is 3. The molecule has 0 aliphatic heterocycles. The number of nitrogens with one attached hydrogen (secondary N) is 2. The molecule has 0 aromatic heterocycles. The summed E-state index contributed by atoms with van der Waals surface area (Å²) in [5.74, 6) is -0.775. The van der Waals surface area contributed by atoms with Crippen LogP contribution in [0.5, 0.6) is 5.75 Å². The van der Waals surface area contributed by atoms with Crippen molar-refractivity contribution < 1.29 is 14.8 Å². The molecule has 1 rings (SSSR count). The Hall–Kier alpha value is -2.15. The molecular formula is C21H35N3O4. The second kappa shape index (κ2) is 14.9. The third-order valence-electron chi connectivity index (χ3n) is 4.73. The fourth-order valence-corrected chi connectivity index (χ4v) is 3.04. The summed E-state index contributed by atoms with van der Waals surface area (Å²) >= 11 is 0. The second-order valence-corrected chi connectivity index (χ2v) is 7.15. The molecule has 1 aromatic rings. The smallest absolute Gasteiger partial charge is 0.270 e. The summed E-state index contributed by atoms with van der Waals surface area (Å²) in [5.41, 5.74) is -0.300. The van der Waals surface area contributed by atoms with E-state index in [1.807, 2.05) is 0 Å². The number of nitro groups is 1. The van der Waals surface area contributed by atoms with Crippen LogP contribution < -0.4 is 10.6 Å². The van der Waals surface area contributed by atoms with Crippen LogP contribution in [-0.2, 0) is 0 Å². The van der Waals surface area contributed by atoms with Crippen LogP contribution >= 0.6 is 0 Å². The number of nitrogens with zero attached hydrogens (tertiary/aromatic N) is 1. The molecule has 1 amide bonds. The van der Waals surface area contributed by atoms with E-state index in [1.54, 1.807) is 0 Å². The number of benzene rings is 1. The Bertz CT molecular complexity index is 593. The van der Waals surface area contributed by atoms with Gasteiger partial charge >= 0.3 is 0 Å². The molecule has 7 heteroatoms. The lowest BCUT2D eigenvalue weighted by atomic mass is 10.1. The van der Waals surface area contributed by atoms with E-state index in [4.69, 9.17) is 0 Å². The average molecular weight is 394 g/mol. The normalized spacial score (nSPS) is 10.8. The summed E-state index contributed by atoms with van der Waals surface area (Å²) in [6.07, 6.45) is 13.0. The van der Waals surface area contributed by atoms with Gasteiger partial charge in [0.25, 0.3) is 11.6 Å². The quantitative estimate of drug-likeness (QED) is 0.217. The van der Waals surface area contributed by atoms with Gasteiger partial charge in [0.1, 0.15) is 5.75 Å². The van der Waals surface area contributed by atoms with Gasteiger partial charge in [-0.3, -0.25) is 14.9 Å². The van der Waals surface area contributed by atoms with Gasteiger partial charge in [-0.25, -0.2) is 0 Å². The molecule has 0 atom stereocenters. The predicted octanol–water partition coefficient (Wildman–Crippen LogP) is 4.54. The van der Waals surface area contributed by atoms with E-state index in [2.05, 4.69) is 17.6 Å². The molecule has 28 heavy (non-hydrogen) atoms. The van der Waals surface area contributed by atoms with E-state index < -0.39 is 10.8 Å². The first kappa shape index (κ1) is 23.9. The molecule has 0 spiro atoms. The maximum absolute atomic E-state index is 12.0. The highest BCUT2D eigenvalue weighted by Crippen LogP contribution is 2.22. The molecule has 3 N–H and O–H groups in total. The number of carbonyl (C=O) groups excluding carboxylic acids is 1. The number of rotatable bonds is 16. The van der Waals surface area contributed by atoms with Crippen LogP contribution in [0, 0.1) is 10.1 Å². The van der Waals surface area contributed by atoms with Crippen molar-refractivity contribution in [3.05, 3.63) is 33.9 Å². The third kappa shape index (κ3) is 10.3. The molecule has 0 bridgehead atoms. The van der Waals surface area contributed by atoms with Crippen molar-refractivity contribution in [1.82, 2.24) is 10.6 Å². The highest BCUT2D eigenvalue weighted by molar-refractivity contribution is 5.97. The second-order valence-electron chi connectivity index (χ2n) is 7.15. The van der Waals surface area contributed by atoms with Crippen molar-refractivity contribution in [2.24, 2.45) is 0 Å². The van der Waals surface area contributed by atoms with Crippen LogP contribution in [0.2, 0.25) is 0 Å². The minimum absolute atomic E-state index is 0.0797. The molecule has 0 heterocycles. The first-order valence-corrected chi connectivity index (χ1v) is 10.5. The summed E-state index contributed by atoms with van der Waals surface area (Å²) in [7, 11) is 0. The van der Waals surface area contributed by atoms with Crippen LogP contribution in [0.1, 0.15) is 81.5 Å². The molecule has 0 saturated heterocycles. The number of carbonyl (C=O) groups is 1. The molecule has 0 radical (unpaired) electrons. The SMILES string of the molecule is CCCCCCCCCCCCNCCNC(=O)c1cc([N+](=O)[O-])ccc1O. The molecule has 158 valence electrons. The van der Waals surface area contributed by atoms with E-state index >= 15 is 0 Å². The molecule has 1 aromatic carbocycles. The van der Waals surface area contributed by atoms with E-state index in [1.165, 1.54) is 63.9 Å². The number of phenolic OH excluding ortho intramolecular Hbond substituents is 1. The number of aromatic hydroxyl groups is 1. The van der Waals surface area contributed by atoms with Gasteiger partial charge in [0.15, 0.2) is 0 Å². The lowest BCUT2D eigenvalue weighted by Gasteiger charge is -2.08. The van der Waals surface area contributed by atoms with Gasteiger partial charge in [-0.1, -0.05) is 64.7 Å². The number of amides is 1. The Morgan fingerprint density at radius 1 is 0.964 bits per heavy atom. The molecule has 7 nitrogen and oxygen atoms in total. The van der Waals surface area contributed by atoms with Crippen LogP contribution in [0.4, 0.5) is 5.69 Å². The van der Waals surface area contributed by atoms with Crippen molar-refractivity contribution >= 4 is 11.6 Å². The van der Waals surface area contributed by atoms with Gasteiger partial charge in [0.05, 0.1) is 10.5 Å². The Balaban J connectivity index is 2.02. The molecule has 0 fully saturated rings. The topological polar surface area (TPSA) is 104 Å². The van der Waals surface area contributed by atoms with Crippen LogP contribution in [0.3, 0.4) is 0 Å². The average Bonchev–Trinajstić information content (AvgIpc) is 2.68. The fourth-order valence-electron chi connectivity index (χ4n) is 3.04. The minimum Gasteiger partial charge on any atom is -0.507 e. The molecule has 0 aliphatic rings. The van der Waals surface area contributed by atoms with Crippen molar-refractivity contribution in [3.63, 3.8) is 0 Å².